The Labute approximate surface area is 173 Å². The lowest BCUT2D eigenvalue weighted by atomic mass is 10.2. The molecule has 2 aromatic carbocycles. The smallest absolute Gasteiger partial charge is 0.145 e. The Morgan fingerprint density at radius 3 is 2.57 bits per heavy atom. The van der Waals surface area contributed by atoms with Gasteiger partial charge in [-0.15, -0.1) is 0 Å². The Bertz CT molecular complexity index is 943. The molecule has 1 aliphatic rings. The van der Waals surface area contributed by atoms with Gasteiger partial charge < -0.3 is 10.5 Å². The second kappa shape index (κ2) is 8.86. The van der Waals surface area contributed by atoms with Crippen LogP contribution in [0.4, 0.5) is 5.82 Å². The van der Waals surface area contributed by atoms with Crippen LogP contribution in [0.25, 0.3) is 10.9 Å². The molecule has 2 heterocycles. The third-order valence-corrected chi connectivity index (χ3v) is 5.47. The molecule has 2 N–H and O–H groups in total. The molecule has 0 amide bonds. The molecule has 0 atom stereocenters. The van der Waals surface area contributed by atoms with Gasteiger partial charge in [0.1, 0.15) is 24.0 Å². The summed E-state index contributed by atoms with van der Waals surface area (Å²) < 4.78 is 6.88. The number of halogens is 1. The molecule has 3 aromatic rings. The first kappa shape index (κ1) is 19.1. The highest BCUT2D eigenvalue weighted by Gasteiger charge is 2.18. The molecular formula is C21H24BrN5O. The fourth-order valence-corrected chi connectivity index (χ4v) is 3.82. The molecule has 0 bridgehead atoms. The molecule has 1 aliphatic heterocycles. The van der Waals surface area contributed by atoms with Crippen molar-refractivity contribution in [2.24, 2.45) is 0 Å². The second-order valence-corrected chi connectivity index (χ2v) is 7.88. The number of aromatic nitrogens is 2. The number of nitrogen functional groups attached to an aromatic ring is 1. The van der Waals surface area contributed by atoms with Crippen LogP contribution in [0.5, 0.6) is 5.75 Å². The highest BCUT2D eigenvalue weighted by atomic mass is 79.9. The van der Waals surface area contributed by atoms with Crippen molar-refractivity contribution in [2.45, 2.75) is 6.54 Å². The molecule has 0 unspecified atom stereocenters. The molecule has 1 fully saturated rings. The van der Waals surface area contributed by atoms with Crippen LogP contribution in [0.2, 0.25) is 0 Å². The molecular weight excluding hydrogens is 418 g/mol. The maximum Gasteiger partial charge on any atom is 0.145 e. The van der Waals surface area contributed by atoms with E-state index < -0.39 is 0 Å². The van der Waals surface area contributed by atoms with E-state index in [0.29, 0.717) is 12.4 Å². The van der Waals surface area contributed by atoms with Gasteiger partial charge in [0.25, 0.3) is 0 Å². The van der Waals surface area contributed by atoms with Gasteiger partial charge in [-0.1, -0.05) is 34.1 Å². The largest absolute Gasteiger partial charge is 0.492 e. The molecule has 0 radical (unpaired) electrons. The number of benzene rings is 2. The number of nitrogens with two attached hydrogens (primary N) is 1. The molecule has 7 heteroatoms. The Balaban J connectivity index is 1.25. The van der Waals surface area contributed by atoms with Crippen LogP contribution in [0.3, 0.4) is 0 Å². The molecule has 6 nitrogen and oxygen atoms in total. The van der Waals surface area contributed by atoms with Gasteiger partial charge in [0, 0.05) is 42.6 Å². The molecule has 28 heavy (non-hydrogen) atoms. The number of hydrogen-bond acceptors (Lipinski definition) is 6. The van der Waals surface area contributed by atoms with Gasteiger partial charge >= 0.3 is 0 Å². The molecule has 0 saturated carbocycles. The van der Waals surface area contributed by atoms with Crippen molar-refractivity contribution in [3.05, 3.63) is 58.8 Å². The fraction of sp³-hybridized carbons (Fsp3) is 0.333. The topological polar surface area (TPSA) is 67.5 Å². The number of anilines is 1. The molecule has 0 aliphatic carbocycles. The fourth-order valence-electron chi connectivity index (χ4n) is 3.44. The van der Waals surface area contributed by atoms with Gasteiger partial charge in [-0.05, 0) is 30.3 Å². The van der Waals surface area contributed by atoms with Crippen molar-refractivity contribution in [3.63, 3.8) is 0 Å². The van der Waals surface area contributed by atoms with Gasteiger partial charge in [0.2, 0.25) is 0 Å². The number of ether oxygens (including phenoxy) is 1. The standard InChI is InChI=1S/C21H24BrN5O/c22-16-4-3-5-17(14-16)28-13-12-26-8-10-27(11-9-26)15-20-24-19-7-2-1-6-18(19)21(23)25-20/h1-7,14H,8-13,15H2,(H2,23,24,25). The van der Waals surface area contributed by atoms with E-state index in [4.69, 9.17) is 10.5 Å². The minimum atomic E-state index is 0.559. The minimum absolute atomic E-state index is 0.559. The van der Waals surface area contributed by atoms with Gasteiger partial charge in [0.15, 0.2) is 0 Å². The summed E-state index contributed by atoms with van der Waals surface area (Å²) in [6, 6.07) is 15.8. The second-order valence-electron chi connectivity index (χ2n) is 6.97. The first-order valence-corrected chi connectivity index (χ1v) is 10.3. The number of piperazine rings is 1. The minimum Gasteiger partial charge on any atom is -0.492 e. The van der Waals surface area contributed by atoms with Crippen LogP contribution in [0.1, 0.15) is 5.82 Å². The summed E-state index contributed by atoms with van der Waals surface area (Å²) in [6.45, 7) is 6.38. The summed E-state index contributed by atoms with van der Waals surface area (Å²) in [5.74, 6) is 2.26. The highest BCUT2D eigenvalue weighted by molar-refractivity contribution is 9.10. The van der Waals surface area contributed by atoms with Crippen molar-refractivity contribution >= 4 is 32.7 Å². The maximum atomic E-state index is 6.10. The lowest BCUT2D eigenvalue weighted by molar-refractivity contribution is 0.111. The summed E-state index contributed by atoms with van der Waals surface area (Å²) in [5.41, 5.74) is 7.01. The predicted molar refractivity (Wildman–Crippen MR) is 115 cm³/mol. The van der Waals surface area contributed by atoms with Crippen LogP contribution < -0.4 is 10.5 Å². The van der Waals surface area contributed by atoms with Crippen LogP contribution in [-0.4, -0.2) is 59.1 Å². The summed E-state index contributed by atoms with van der Waals surface area (Å²) in [6.07, 6.45) is 0. The summed E-state index contributed by atoms with van der Waals surface area (Å²) >= 11 is 3.47. The van der Waals surface area contributed by atoms with Gasteiger partial charge in [0.05, 0.1) is 12.1 Å². The van der Waals surface area contributed by atoms with Crippen LogP contribution in [0.15, 0.2) is 53.0 Å². The maximum absolute atomic E-state index is 6.10. The normalized spacial score (nSPS) is 15.8. The molecule has 0 spiro atoms. The van der Waals surface area contributed by atoms with E-state index in [-0.39, 0.29) is 0 Å². The van der Waals surface area contributed by atoms with Crippen molar-refractivity contribution in [1.29, 1.82) is 0 Å². The van der Waals surface area contributed by atoms with Crippen LogP contribution in [0, 0.1) is 0 Å². The third-order valence-electron chi connectivity index (χ3n) is 4.98. The number of para-hydroxylation sites is 1. The number of rotatable bonds is 6. The van der Waals surface area contributed by atoms with Crippen molar-refractivity contribution in [3.8, 4) is 5.75 Å². The van der Waals surface area contributed by atoms with E-state index in [1.807, 2.05) is 48.5 Å². The molecule has 4 rings (SSSR count). The molecule has 146 valence electrons. The van der Waals surface area contributed by atoms with Crippen LogP contribution >= 0.6 is 15.9 Å². The zero-order chi connectivity index (χ0) is 19.3. The van der Waals surface area contributed by atoms with E-state index in [0.717, 1.165) is 66.2 Å². The lowest BCUT2D eigenvalue weighted by Gasteiger charge is -2.34. The van der Waals surface area contributed by atoms with E-state index in [1.54, 1.807) is 0 Å². The van der Waals surface area contributed by atoms with Gasteiger partial charge in [-0.2, -0.15) is 0 Å². The quantitative estimate of drug-likeness (QED) is 0.633. The van der Waals surface area contributed by atoms with Crippen molar-refractivity contribution in [2.75, 3.05) is 45.1 Å². The van der Waals surface area contributed by atoms with E-state index >= 15 is 0 Å². The van der Waals surface area contributed by atoms with Gasteiger partial charge in [-0.25, -0.2) is 9.97 Å². The lowest BCUT2D eigenvalue weighted by Crippen LogP contribution is -2.47. The first-order chi connectivity index (χ1) is 13.7. The average molecular weight is 442 g/mol. The molecule has 1 saturated heterocycles. The van der Waals surface area contributed by atoms with E-state index in [2.05, 4.69) is 35.7 Å². The third kappa shape index (κ3) is 4.79. The zero-order valence-corrected chi connectivity index (χ0v) is 17.3. The van der Waals surface area contributed by atoms with Crippen molar-refractivity contribution < 1.29 is 4.74 Å². The summed E-state index contributed by atoms with van der Waals surface area (Å²) in [7, 11) is 0. The van der Waals surface area contributed by atoms with Crippen LogP contribution in [-0.2, 0) is 6.54 Å². The Morgan fingerprint density at radius 1 is 0.964 bits per heavy atom. The first-order valence-electron chi connectivity index (χ1n) is 9.51. The monoisotopic (exact) mass is 441 g/mol. The average Bonchev–Trinajstić information content (AvgIpc) is 2.69. The Kier molecular flexibility index (Phi) is 6.04. The van der Waals surface area contributed by atoms with Crippen molar-refractivity contribution in [1.82, 2.24) is 19.8 Å². The Hall–Kier alpha value is -2.22. The molecule has 1 aromatic heterocycles. The van der Waals surface area contributed by atoms with E-state index in [1.165, 1.54) is 0 Å². The predicted octanol–water partition coefficient (Wildman–Crippen LogP) is 3.17. The van der Waals surface area contributed by atoms with Gasteiger partial charge in [-0.3, -0.25) is 9.80 Å². The highest BCUT2D eigenvalue weighted by Crippen LogP contribution is 2.19. The SMILES string of the molecule is Nc1nc(CN2CCN(CCOc3cccc(Br)c3)CC2)nc2ccccc12. The van der Waals surface area contributed by atoms with E-state index in [9.17, 15) is 0 Å². The summed E-state index contributed by atoms with van der Waals surface area (Å²) in [5, 5.41) is 0.918. The number of nitrogens with zero attached hydrogens (tertiary/aromatic N) is 4. The number of fused-ring (bicyclic) bond motifs is 1. The summed E-state index contributed by atoms with van der Waals surface area (Å²) in [4.78, 5) is 14.0. The zero-order valence-electron chi connectivity index (χ0n) is 15.7. The Morgan fingerprint density at radius 2 is 1.75 bits per heavy atom. The number of hydrogen-bond donors (Lipinski definition) is 1.